The van der Waals surface area contributed by atoms with E-state index in [1.807, 2.05) is 25.5 Å². The van der Waals surface area contributed by atoms with Gasteiger partial charge in [-0.1, -0.05) is 18.6 Å². The Morgan fingerprint density at radius 2 is 1.86 bits per heavy atom. The highest BCUT2D eigenvalue weighted by molar-refractivity contribution is 5.83. The van der Waals surface area contributed by atoms with E-state index in [4.69, 9.17) is 14.6 Å². The Morgan fingerprint density at radius 1 is 1.11 bits per heavy atom. The van der Waals surface area contributed by atoms with Gasteiger partial charge in [0.25, 0.3) is 5.91 Å². The van der Waals surface area contributed by atoms with Gasteiger partial charge in [-0.25, -0.2) is 9.48 Å². The second kappa shape index (κ2) is 8.36. The first-order valence-electron chi connectivity index (χ1n) is 12.9. The molecule has 6 rings (SSSR count). The first-order valence-corrected chi connectivity index (χ1v) is 12.9. The third kappa shape index (κ3) is 4.22. The molecule has 0 spiro atoms. The minimum Gasteiger partial charge on any atom is -0.444 e. The fourth-order valence-corrected chi connectivity index (χ4v) is 5.35. The van der Waals surface area contributed by atoms with E-state index in [1.165, 1.54) is 24.8 Å². The maximum Gasteiger partial charge on any atom is 0.410 e. The smallest absolute Gasteiger partial charge is 0.410 e. The first-order chi connectivity index (χ1) is 16.8. The molecule has 8 heteroatoms. The summed E-state index contributed by atoms with van der Waals surface area (Å²) in [5.41, 5.74) is 4.36. The highest BCUT2D eigenvalue weighted by Gasteiger charge is 2.45. The number of nitrogens with zero attached hydrogens (tertiary/aromatic N) is 3. The number of carbonyl (C=O) groups is 2. The van der Waals surface area contributed by atoms with Crippen LogP contribution in [0.1, 0.15) is 93.5 Å². The van der Waals surface area contributed by atoms with Gasteiger partial charge >= 0.3 is 6.09 Å². The number of carbonyl (C=O) groups excluding carboxylic acids is 2. The molecule has 1 aromatic carbocycles. The van der Waals surface area contributed by atoms with Crippen molar-refractivity contribution in [1.29, 1.82) is 0 Å². The second-order valence-corrected chi connectivity index (χ2v) is 11.3. The summed E-state index contributed by atoms with van der Waals surface area (Å²) in [6.45, 7) is 6.42. The number of rotatable bonds is 4. The molecule has 2 amide bonds. The van der Waals surface area contributed by atoms with Crippen LogP contribution in [0.2, 0.25) is 0 Å². The Bertz CT molecular complexity index is 1140. The maximum atomic E-state index is 13.1. The van der Waals surface area contributed by atoms with Gasteiger partial charge in [-0.3, -0.25) is 9.69 Å². The molecule has 2 saturated carbocycles. The average Bonchev–Trinajstić information content (AvgIpc) is 3.53. The van der Waals surface area contributed by atoms with Gasteiger partial charge in [0.2, 0.25) is 0 Å². The molecule has 35 heavy (non-hydrogen) atoms. The van der Waals surface area contributed by atoms with Crippen LogP contribution in [-0.4, -0.2) is 51.5 Å². The summed E-state index contributed by atoms with van der Waals surface area (Å²) in [6, 6.07) is 8.32. The zero-order valence-electron chi connectivity index (χ0n) is 20.8. The van der Waals surface area contributed by atoms with Gasteiger partial charge in [0.1, 0.15) is 11.3 Å². The fraction of sp³-hybridized carbons (Fsp3) is 0.593. The highest BCUT2D eigenvalue weighted by atomic mass is 16.6. The van der Waals surface area contributed by atoms with Crippen molar-refractivity contribution in [3.8, 4) is 5.69 Å². The number of amides is 2. The molecule has 2 aliphatic carbocycles. The summed E-state index contributed by atoms with van der Waals surface area (Å²) in [5.74, 6) is 0.478. The lowest BCUT2D eigenvalue weighted by Gasteiger charge is -2.36. The summed E-state index contributed by atoms with van der Waals surface area (Å²) in [6.07, 6.45) is 5.34. The summed E-state index contributed by atoms with van der Waals surface area (Å²) < 4.78 is 13.9. The molecule has 1 aromatic heterocycles. The van der Waals surface area contributed by atoms with Gasteiger partial charge in [0.15, 0.2) is 6.10 Å². The van der Waals surface area contributed by atoms with Crippen molar-refractivity contribution in [1.82, 2.24) is 20.0 Å². The third-order valence-electron chi connectivity index (χ3n) is 7.50. The van der Waals surface area contributed by atoms with Crippen molar-refractivity contribution in [3.05, 3.63) is 46.8 Å². The van der Waals surface area contributed by atoms with Crippen molar-refractivity contribution in [3.63, 3.8) is 0 Å². The number of benzene rings is 1. The first kappa shape index (κ1) is 22.6. The summed E-state index contributed by atoms with van der Waals surface area (Å²) in [5, 5.41) is 7.98. The largest absolute Gasteiger partial charge is 0.444 e. The summed E-state index contributed by atoms with van der Waals surface area (Å²) in [4.78, 5) is 28.0. The second-order valence-electron chi connectivity index (χ2n) is 11.3. The zero-order valence-corrected chi connectivity index (χ0v) is 20.8. The van der Waals surface area contributed by atoms with E-state index in [0.717, 1.165) is 29.8 Å². The number of nitrogens with one attached hydrogen (secondary N) is 1. The molecule has 1 N–H and O–H groups in total. The number of hydrogen-bond donors (Lipinski definition) is 1. The van der Waals surface area contributed by atoms with Crippen LogP contribution in [0.4, 0.5) is 4.79 Å². The Kier molecular flexibility index (Phi) is 5.40. The number of hydrogen-bond acceptors (Lipinski definition) is 5. The van der Waals surface area contributed by atoms with Crippen molar-refractivity contribution < 1.29 is 19.1 Å². The van der Waals surface area contributed by atoms with E-state index in [0.29, 0.717) is 31.1 Å². The molecule has 0 saturated heterocycles. The van der Waals surface area contributed by atoms with Crippen LogP contribution in [0.15, 0.2) is 24.3 Å². The van der Waals surface area contributed by atoms with E-state index in [9.17, 15) is 9.59 Å². The third-order valence-corrected chi connectivity index (χ3v) is 7.50. The lowest BCUT2D eigenvalue weighted by molar-refractivity contribution is -0.134. The van der Waals surface area contributed by atoms with Gasteiger partial charge in [-0.15, -0.1) is 0 Å². The fourth-order valence-electron chi connectivity index (χ4n) is 5.35. The van der Waals surface area contributed by atoms with Gasteiger partial charge in [-0.2, -0.15) is 5.10 Å². The molecule has 4 aliphatic rings. The quantitative estimate of drug-likeness (QED) is 0.707. The predicted octanol–water partition coefficient (Wildman–Crippen LogP) is 4.32. The Morgan fingerprint density at radius 3 is 2.49 bits per heavy atom. The van der Waals surface area contributed by atoms with Gasteiger partial charge in [0.05, 0.1) is 23.5 Å². The van der Waals surface area contributed by atoms with Crippen molar-refractivity contribution in [2.75, 3.05) is 13.1 Å². The molecule has 2 unspecified atom stereocenters. The predicted molar refractivity (Wildman–Crippen MR) is 129 cm³/mol. The van der Waals surface area contributed by atoms with Gasteiger partial charge in [-0.05, 0) is 70.1 Å². The van der Waals surface area contributed by atoms with Crippen LogP contribution >= 0.6 is 0 Å². The summed E-state index contributed by atoms with van der Waals surface area (Å²) in [7, 11) is 0. The molecule has 2 aromatic rings. The molecule has 2 aliphatic heterocycles. The van der Waals surface area contributed by atoms with Crippen LogP contribution in [0.25, 0.3) is 5.69 Å². The number of aromatic nitrogens is 2. The highest BCUT2D eigenvalue weighted by Crippen LogP contribution is 2.42. The van der Waals surface area contributed by atoms with Crippen molar-refractivity contribution in [2.24, 2.45) is 0 Å². The van der Waals surface area contributed by atoms with Crippen LogP contribution < -0.4 is 5.32 Å². The Hall–Kier alpha value is -2.87. The maximum absolute atomic E-state index is 13.1. The molecule has 0 bridgehead atoms. The van der Waals surface area contributed by atoms with E-state index < -0.39 is 11.7 Å². The molecular formula is C27H34N4O4. The van der Waals surface area contributed by atoms with Gasteiger partial charge in [0, 0.05) is 25.1 Å². The zero-order chi connectivity index (χ0) is 24.3. The van der Waals surface area contributed by atoms with E-state index in [2.05, 4.69) is 29.6 Å². The number of ether oxygens (including phenoxy) is 2. The van der Waals surface area contributed by atoms with Gasteiger partial charge < -0.3 is 14.8 Å². The molecule has 2 fully saturated rings. The van der Waals surface area contributed by atoms with Crippen molar-refractivity contribution >= 4 is 12.0 Å². The lowest BCUT2D eigenvalue weighted by Crippen LogP contribution is -2.46. The van der Waals surface area contributed by atoms with E-state index in [1.54, 1.807) is 4.90 Å². The molecule has 8 nitrogen and oxygen atoms in total. The Balaban J connectivity index is 1.41. The topological polar surface area (TPSA) is 85.7 Å². The molecule has 3 heterocycles. The molecule has 186 valence electrons. The lowest BCUT2D eigenvalue weighted by atomic mass is 9.80. The van der Waals surface area contributed by atoms with Crippen LogP contribution in [0.3, 0.4) is 0 Å². The van der Waals surface area contributed by atoms with E-state index >= 15 is 0 Å². The Labute approximate surface area is 206 Å². The normalized spacial score (nSPS) is 24.3. The average molecular weight is 479 g/mol. The standard InChI is InChI=1S/C27H34N4O4/c1-27(2,3)35-26(33)30-14-13-20-22-21(30)15-28-25(32)24(34-19-11-12-19)23(22)29-31(20)18-9-7-17(8-10-18)16-5-4-6-16/h7-10,16,19,21,24H,4-6,11-15H2,1-3H3,(H,28,32). The van der Waals surface area contributed by atoms with E-state index in [-0.39, 0.29) is 24.1 Å². The van der Waals surface area contributed by atoms with Crippen LogP contribution in [0, 0.1) is 0 Å². The monoisotopic (exact) mass is 478 g/mol. The molecule has 2 atom stereocenters. The molecular weight excluding hydrogens is 444 g/mol. The minimum atomic E-state index is -0.768. The molecule has 0 radical (unpaired) electrons. The van der Waals surface area contributed by atoms with Crippen molar-refractivity contribution in [2.45, 2.75) is 89.1 Å². The van der Waals surface area contributed by atoms with Crippen LogP contribution in [0.5, 0.6) is 0 Å². The minimum absolute atomic E-state index is 0.0930. The SMILES string of the molecule is CC(C)(C)OC(=O)N1CCc2c3c(nn2-c2ccc(C4CCC4)cc2)C(OC2CC2)C(=O)NCC31. The summed E-state index contributed by atoms with van der Waals surface area (Å²) >= 11 is 0. The van der Waals surface area contributed by atoms with Crippen LogP contribution in [-0.2, 0) is 20.7 Å².